The van der Waals surface area contributed by atoms with Crippen LogP contribution in [0.3, 0.4) is 0 Å². The first-order valence-corrected chi connectivity index (χ1v) is 11.7. The predicted molar refractivity (Wildman–Crippen MR) is 121 cm³/mol. The van der Waals surface area contributed by atoms with Crippen molar-refractivity contribution in [2.75, 3.05) is 19.6 Å². The summed E-state index contributed by atoms with van der Waals surface area (Å²) in [5, 5.41) is 12.2. The Morgan fingerprint density at radius 1 is 1.03 bits per heavy atom. The lowest BCUT2D eigenvalue weighted by Gasteiger charge is -2.44. The van der Waals surface area contributed by atoms with Gasteiger partial charge in [0.2, 0.25) is 5.91 Å². The van der Waals surface area contributed by atoms with E-state index < -0.39 is 23.6 Å². The van der Waals surface area contributed by atoms with Gasteiger partial charge in [0, 0.05) is 31.7 Å². The second kappa shape index (κ2) is 9.15. The van der Waals surface area contributed by atoms with Gasteiger partial charge in [0.15, 0.2) is 0 Å². The summed E-state index contributed by atoms with van der Waals surface area (Å²) in [4.78, 5) is 30.2. The van der Waals surface area contributed by atoms with Crippen molar-refractivity contribution in [1.82, 2.24) is 15.1 Å². The lowest BCUT2D eigenvalue weighted by atomic mass is 10.00. The fourth-order valence-corrected chi connectivity index (χ4v) is 5.21. The van der Waals surface area contributed by atoms with Crippen molar-refractivity contribution in [3.05, 3.63) is 70.8 Å². The van der Waals surface area contributed by atoms with Crippen molar-refractivity contribution >= 4 is 11.8 Å². The molecule has 1 saturated carbocycles. The summed E-state index contributed by atoms with van der Waals surface area (Å²) in [6.07, 6.45) is 3.74. The summed E-state index contributed by atoms with van der Waals surface area (Å²) in [7, 11) is 0. The summed E-state index contributed by atoms with van der Waals surface area (Å²) >= 11 is 0. The van der Waals surface area contributed by atoms with Gasteiger partial charge in [0.25, 0.3) is 5.91 Å². The number of likely N-dealkylation sites (tertiary alicyclic amines) is 1. The number of benzene rings is 2. The molecular formula is C26H26F2N4O2. The zero-order chi connectivity index (χ0) is 23.8. The van der Waals surface area contributed by atoms with Crippen molar-refractivity contribution in [1.29, 1.82) is 5.26 Å². The molecule has 2 amide bonds. The van der Waals surface area contributed by atoms with Crippen molar-refractivity contribution in [3.8, 4) is 6.07 Å². The molecule has 2 aromatic carbocycles. The third-order valence-electron chi connectivity index (χ3n) is 7.13. The number of hydrogen-bond acceptors (Lipinski definition) is 4. The molecule has 176 valence electrons. The first kappa shape index (κ1) is 22.5. The molecule has 1 aliphatic carbocycles. The van der Waals surface area contributed by atoms with E-state index in [0.717, 1.165) is 49.4 Å². The van der Waals surface area contributed by atoms with Gasteiger partial charge in [-0.25, -0.2) is 8.78 Å². The molecule has 2 bridgehead atoms. The average molecular weight is 465 g/mol. The molecule has 2 aliphatic heterocycles. The summed E-state index contributed by atoms with van der Waals surface area (Å²) in [6, 6.07) is 11.1. The third-order valence-corrected chi connectivity index (χ3v) is 7.13. The Labute approximate surface area is 197 Å². The topological polar surface area (TPSA) is 76.4 Å². The van der Waals surface area contributed by atoms with E-state index in [1.54, 1.807) is 17.0 Å². The molecule has 5 rings (SSSR count). The number of piperazine rings is 1. The Morgan fingerprint density at radius 3 is 2.32 bits per heavy atom. The van der Waals surface area contributed by atoms with Crippen LogP contribution in [0.1, 0.15) is 53.2 Å². The number of rotatable bonds is 6. The summed E-state index contributed by atoms with van der Waals surface area (Å²) < 4.78 is 28.0. The second-order valence-corrected chi connectivity index (χ2v) is 9.50. The number of nitrogens with one attached hydrogen (secondary N) is 1. The monoisotopic (exact) mass is 464 g/mol. The summed E-state index contributed by atoms with van der Waals surface area (Å²) in [5.41, 5.74) is 1.06. The van der Waals surface area contributed by atoms with Crippen LogP contribution in [-0.2, 0) is 4.79 Å². The maximum atomic E-state index is 14.3. The lowest BCUT2D eigenvalue weighted by molar-refractivity contribution is -0.128. The van der Waals surface area contributed by atoms with Gasteiger partial charge in [0.05, 0.1) is 17.2 Å². The van der Waals surface area contributed by atoms with Crippen LogP contribution in [0, 0.1) is 28.9 Å². The molecule has 2 aromatic rings. The second-order valence-electron chi connectivity index (χ2n) is 9.50. The van der Waals surface area contributed by atoms with Crippen molar-refractivity contribution in [3.63, 3.8) is 0 Å². The Morgan fingerprint density at radius 2 is 1.71 bits per heavy atom. The van der Waals surface area contributed by atoms with Crippen LogP contribution in [0.4, 0.5) is 8.78 Å². The van der Waals surface area contributed by atoms with Crippen LogP contribution >= 0.6 is 0 Å². The molecule has 0 spiro atoms. The standard InChI is InChI=1S/C26H26F2N4O2/c27-19-7-10-23(28)22(11-19)26(34)32-20-8-9-21(32)15-31(14-20)24(25(33)30-13-17-1-2-17)18-5-3-16(12-29)4-6-18/h3-7,10-11,17,20-21,24H,1-2,8-9,13-15H2,(H,30,33)/t20?,21?,24-/m1/s1. The van der Waals surface area contributed by atoms with Crippen molar-refractivity contribution < 1.29 is 18.4 Å². The number of nitriles is 1. The molecule has 2 saturated heterocycles. The molecule has 3 aliphatic rings. The SMILES string of the molecule is N#Cc1ccc([C@H](C(=O)NCC2CC2)N2CC3CCC(C2)N3C(=O)c2cc(F)ccc2F)cc1. The lowest BCUT2D eigenvalue weighted by Crippen LogP contribution is -2.58. The van der Waals surface area contributed by atoms with Crippen LogP contribution in [0.25, 0.3) is 0 Å². The quantitative estimate of drug-likeness (QED) is 0.711. The number of fused-ring (bicyclic) bond motifs is 2. The minimum absolute atomic E-state index is 0.0908. The fourth-order valence-electron chi connectivity index (χ4n) is 5.21. The van der Waals surface area contributed by atoms with Gasteiger partial charge < -0.3 is 10.2 Å². The van der Waals surface area contributed by atoms with Gasteiger partial charge in [-0.2, -0.15) is 5.26 Å². The van der Waals surface area contributed by atoms with Gasteiger partial charge in [-0.15, -0.1) is 0 Å². The molecule has 2 unspecified atom stereocenters. The predicted octanol–water partition coefficient (Wildman–Crippen LogP) is 3.39. The normalized spacial score (nSPS) is 22.8. The number of carbonyl (C=O) groups excluding carboxylic acids is 2. The maximum absolute atomic E-state index is 14.3. The van der Waals surface area contributed by atoms with Gasteiger partial charge in [-0.05, 0) is 67.5 Å². The molecule has 0 aromatic heterocycles. The highest BCUT2D eigenvalue weighted by Gasteiger charge is 2.46. The molecule has 0 radical (unpaired) electrons. The minimum atomic E-state index is -0.733. The van der Waals surface area contributed by atoms with Crippen molar-refractivity contribution in [2.45, 2.75) is 43.8 Å². The van der Waals surface area contributed by atoms with Crippen LogP contribution < -0.4 is 5.32 Å². The molecule has 3 fully saturated rings. The van der Waals surface area contributed by atoms with Crippen LogP contribution in [0.2, 0.25) is 0 Å². The number of halogens is 2. The molecule has 2 heterocycles. The molecule has 3 atom stereocenters. The van der Waals surface area contributed by atoms with Crippen molar-refractivity contribution in [2.24, 2.45) is 5.92 Å². The zero-order valence-corrected chi connectivity index (χ0v) is 18.7. The average Bonchev–Trinajstić information content (AvgIpc) is 3.63. The summed E-state index contributed by atoms with van der Waals surface area (Å²) in [6.45, 7) is 1.57. The zero-order valence-electron chi connectivity index (χ0n) is 18.7. The van der Waals surface area contributed by atoms with Crippen LogP contribution in [0.15, 0.2) is 42.5 Å². The number of hydrogen-bond donors (Lipinski definition) is 1. The van der Waals surface area contributed by atoms with Crippen LogP contribution in [-0.4, -0.2) is 53.3 Å². The third kappa shape index (κ3) is 4.40. The van der Waals surface area contributed by atoms with E-state index in [0.29, 0.717) is 31.1 Å². The van der Waals surface area contributed by atoms with E-state index >= 15 is 0 Å². The van der Waals surface area contributed by atoms with E-state index in [1.165, 1.54) is 0 Å². The first-order chi connectivity index (χ1) is 16.4. The highest BCUT2D eigenvalue weighted by molar-refractivity contribution is 5.95. The Balaban J connectivity index is 1.38. The van der Waals surface area contributed by atoms with Crippen LogP contribution in [0.5, 0.6) is 0 Å². The highest BCUT2D eigenvalue weighted by Crippen LogP contribution is 2.36. The highest BCUT2D eigenvalue weighted by atomic mass is 19.1. The van der Waals surface area contributed by atoms with Gasteiger partial charge in [-0.3, -0.25) is 14.5 Å². The number of carbonyl (C=O) groups is 2. The molecule has 34 heavy (non-hydrogen) atoms. The van der Waals surface area contributed by atoms with Gasteiger partial charge >= 0.3 is 0 Å². The Hall–Kier alpha value is -3.31. The molecule has 8 heteroatoms. The number of nitrogens with zero attached hydrogens (tertiary/aromatic N) is 3. The smallest absolute Gasteiger partial charge is 0.257 e. The van der Waals surface area contributed by atoms with Gasteiger partial charge in [0.1, 0.15) is 17.7 Å². The minimum Gasteiger partial charge on any atom is -0.354 e. The molecule has 6 nitrogen and oxygen atoms in total. The van der Waals surface area contributed by atoms with E-state index in [2.05, 4.69) is 16.3 Å². The first-order valence-electron chi connectivity index (χ1n) is 11.7. The van der Waals surface area contributed by atoms with E-state index in [9.17, 15) is 18.4 Å². The molecular weight excluding hydrogens is 438 g/mol. The molecule has 1 N–H and O–H groups in total. The van der Waals surface area contributed by atoms with E-state index in [1.807, 2.05) is 12.1 Å². The Bertz CT molecular complexity index is 1130. The van der Waals surface area contributed by atoms with E-state index in [-0.39, 0.29) is 23.6 Å². The number of amides is 2. The largest absolute Gasteiger partial charge is 0.354 e. The Kier molecular flexibility index (Phi) is 6.05. The maximum Gasteiger partial charge on any atom is 0.257 e. The van der Waals surface area contributed by atoms with E-state index in [4.69, 9.17) is 5.26 Å². The summed E-state index contributed by atoms with van der Waals surface area (Å²) in [5.74, 6) is -1.44. The van der Waals surface area contributed by atoms with Gasteiger partial charge in [-0.1, -0.05) is 12.1 Å². The fraction of sp³-hybridized carbons (Fsp3) is 0.423.